The van der Waals surface area contributed by atoms with Crippen molar-refractivity contribution in [2.75, 3.05) is 31.6 Å². The van der Waals surface area contributed by atoms with Crippen molar-refractivity contribution in [3.05, 3.63) is 29.8 Å². The second kappa shape index (κ2) is 6.73. The Morgan fingerprint density at radius 2 is 2.53 bits per heavy atom. The van der Waals surface area contributed by atoms with E-state index in [4.69, 9.17) is 14.7 Å². The fraction of sp³-hybridized carbons (Fsp3) is 0.385. The summed E-state index contributed by atoms with van der Waals surface area (Å²) in [5.41, 5.74) is 1.02. The molecule has 6 nitrogen and oxygen atoms in total. The fourth-order valence-electron chi connectivity index (χ4n) is 1.72. The van der Waals surface area contributed by atoms with E-state index >= 15 is 0 Å². The Morgan fingerprint density at radius 1 is 1.63 bits per heavy atom. The molecule has 1 amide bonds. The number of hydrogen-bond acceptors (Lipinski definition) is 5. The molecule has 100 valence electrons. The molecule has 0 aromatic heterocycles. The molecule has 1 saturated heterocycles. The van der Waals surface area contributed by atoms with E-state index in [-0.39, 0.29) is 12.7 Å². The van der Waals surface area contributed by atoms with Crippen LogP contribution in [0.1, 0.15) is 5.56 Å². The fourth-order valence-corrected chi connectivity index (χ4v) is 1.72. The summed E-state index contributed by atoms with van der Waals surface area (Å²) < 4.78 is 10.5. The summed E-state index contributed by atoms with van der Waals surface area (Å²) in [6.07, 6.45) is -0.658. The molecule has 0 saturated carbocycles. The first kappa shape index (κ1) is 13.3. The number of nitrogens with zero attached hydrogens (tertiary/aromatic N) is 1. The van der Waals surface area contributed by atoms with E-state index in [1.807, 2.05) is 6.07 Å². The van der Waals surface area contributed by atoms with Gasteiger partial charge in [0.2, 0.25) is 0 Å². The minimum Gasteiger partial charge on any atom is -0.446 e. The lowest BCUT2D eigenvalue weighted by Crippen LogP contribution is -2.41. The first-order chi connectivity index (χ1) is 9.28. The molecule has 2 rings (SSSR count). The zero-order valence-electron chi connectivity index (χ0n) is 10.4. The monoisotopic (exact) mass is 261 g/mol. The summed E-state index contributed by atoms with van der Waals surface area (Å²) in [7, 11) is 0. The van der Waals surface area contributed by atoms with Gasteiger partial charge in [0.15, 0.2) is 0 Å². The molecule has 1 aliphatic rings. The van der Waals surface area contributed by atoms with Crippen molar-refractivity contribution < 1.29 is 14.3 Å². The number of morpholine rings is 1. The van der Waals surface area contributed by atoms with Gasteiger partial charge >= 0.3 is 6.09 Å². The molecule has 1 fully saturated rings. The van der Waals surface area contributed by atoms with Crippen LogP contribution in [0.2, 0.25) is 0 Å². The van der Waals surface area contributed by atoms with Gasteiger partial charge in [-0.15, -0.1) is 0 Å². The van der Waals surface area contributed by atoms with Gasteiger partial charge in [-0.2, -0.15) is 5.26 Å². The van der Waals surface area contributed by atoms with Gasteiger partial charge in [-0.3, -0.25) is 5.32 Å². The van der Waals surface area contributed by atoms with Gasteiger partial charge in [-0.05, 0) is 18.2 Å². The van der Waals surface area contributed by atoms with Gasteiger partial charge in [0.1, 0.15) is 12.7 Å². The average molecular weight is 261 g/mol. The van der Waals surface area contributed by atoms with Crippen molar-refractivity contribution in [3.8, 4) is 6.07 Å². The number of carbonyl (C=O) groups excluding carboxylic acids is 1. The number of benzene rings is 1. The lowest BCUT2D eigenvalue weighted by molar-refractivity contribution is -0.00984. The van der Waals surface area contributed by atoms with Crippen LogP contribution in [0.15, 0.2) is 24.3 Å². The lowest BCUT2D eigenvalue weighted by atomic mass is 10.2. The molecule has 0 aliphatic carbocycles. The highest BCUT2D eigenvalue weighted by atomic mass is 16.6. The molecule has 0 radical (unpaired) electrons. The van der Waals surface area contributed by atoms with Crippen LogP contribution in [0, 0.1) is 11.3 Å². The van der Waals surface area contributed by atoms with Gasteiger partial charge in [-0.25, -0.2) is 4.79 Å². The minimum absolute atomic E-state index is 0.107. The van der Waals surface area contributed by atoms with E-state index < -0.39 is 6.09 Å². The summed E-state index contributed by atoms with van der Waals surface area (Å²) in [5, 5.41) is 14.5. The molecule has 2 N–H and O–H groups in total. The predicted molar refractivity (Wildman–Crippen MR) is 68.7 cm³/mol. The second-order valence-corrected chi connectivity index (χ2v) is 4.11. The Balaban J connectivity index is 1.78. The highest BCUT2D eigenvalue weighted by Gasteiger charge is 2.15. The molecule has 1 aliphatic heterocycles. The smallest absolute Gasteiger partial charge is 0.411 e. The van der Waals surface area contributed by atoms with Crippen LogP contribution in [0.25, 0.3) is 0 Å². The first-order valence-corrected chi connectivity index (χ1v) is 6.04. The van der Waals surface area contributed by atoms with Crippen LogP contribution in [0.3, 0.4) is 0 Å². The maximum atomic E-state index is 11.6. The quantitative estimate of drug-likeness (QED) is 0.851. The van der Waals surface area contributed by atoms with Crippen LogP contribution in [0.5, 0.6) is 0 Å². The van der Waals surface area contributed by atoms with Crippen LogP contribution in [-0.4, -0.2) is 38.5 Å². The normalized spacial score (nSPS) is 18.4. The van der Waals surface area contributed by atoms with E-state index in [1.165, 1.54) is 0 Å². The SMILES string of the molecule is N#Cc1cccc(NC(=O)OCC2CNCCO2)c1. The molecule has 1 aromatic carbocycles. The van der Waals surface area contributed by atoms with Crippen LogP contribution in [-0.2, 0) is 9.47 Å². The van der Waals surface area contributed by atoms with Crippen molar-refractivity contribution in [2.24, 2.45) is 0 Å². The number of hydrogen-bond donors (Lipinski definition) is 2. The lowest BCUT2D eigenvalue weighted by Gasteiger charge is -2.23. The molecule has 19 heavy (non-hydrogen) atoms. The molecule has 0 bridgehead atoms. The highest BCUT2D eigenvalue weighted by molar-refractivity contribution is 5.84. The molecule has 1 aromatic rings. The van der Waals surface area contributed by atoms with Gasteiger partial charge in [0.05, 0.1) is 18.2 Å². The largest absolute Gasteiger partial charge is 0.446 e. The topological polar surface area (TPSA) is 83.4 Å². The Labute approximate surface area is 111 Å². The number of ether oxygens (including phenoxy) is 2. The Hall–Kier alpha value is -2.10. The predicted octanol–water partition coefficient (Wildman–Crippen LogP) is 1.10. The van der Waals surface area contributed by atoms with Crippen molar-refractivity contribution >= 4 is 11.8 Å². The third-order valence-corrected chi connectivity index (χ3v) is 2.64. The zero-order chi connectivity index (χ0) is 13.5. The minimum atomic E-state index is -0.552. The van der Waals surface area contributed by atoms with Gasteiger partial charge < -0.3 is 14.8 Å². The summed E-state index contributed by atoms with van der Waals surface area (Å²) in [6, 6.07) is 8.64. The molecule has 0 spiro atoms. The molecule has 6 heteroatoms. The van der Waals surface area contributed by atoms with Gasteiger partial charge in [-0.1, -0.05) is 6.07 Å². The van der Waals surface area contributed by atoms with Gasteiger partial charge in [0.25, 0.3) is 0 Å². The van der Waals surface area contributed by atoms with Crippen LogP contribution >= 0.6 is 0 Å². The third-order valence-electron chi connectivity index (χ3n) is 2.64. The number of rotatable bonds is 3. The highest BCUT2D eigenvalue weighted by Crippen LogP contribution is 2.10. The molecule has 1 heterocycles. The first-order valence-electron chi connectivity index (χ1n) is 6.04. The molecular weight excluding hydrogens is 246 g/mol. The number of nitrogens with one attached hydrogen (secondary N) is 2. The number of carbonyl (C=O) groups is 1. The van der Waals surface area contributed by atoms with Gasteiger partial charge in [0, 0.05) is 18.8 Å². The Bertz CT molecular complexity index is 478. The third kappa shape index (κ3) is 4.25. The second-order valence-electron chi connectivity index (χ2n) is 4.11. The number of nitriles is 1. The zero-order valence-corrected chi connectivity index (χ0v) is 10.4. The standard InChI is InChI=1S/C13H15N3O3/c14-7-10-2-1-3-11(6-10)16-13(17)19-9-12-8-15-4-5-18-12/h1-3,6,12,15H,4-5,8-9H2,(H,16,17). The number of anilines is 1. The maximum Gasteiger partial charge on any atom is 0.411 e. The summed E-state index contributed by atoms with van der Waals surface area (Å²) in [6.45, 7) is 2.33. The van der Waals surface area contributed by atoms with Crippen LogP contribution in [0.4, 0.5) is 10.5 Å². The van der Waals surface area contributed by atoms with Crippen molar-refractivity contribution in [1.29, 1.82) is 5.26 Å². The average Bonchev–Trinajstić information content (AvgIpc) is 2.46. The molecular formula is C13H15N3O3. The molecule has 1 atom stereocenters. The van der Waals surface area contributed by atoms with E-state index in [1.54, 1.807) is 24.3 Å². The van der Waals surface area contributed by atoms with Crippen LogP contribution < -0.4 is 10.6 Å². The van der Waals surface area contributed by atoms with Crippen molar-refractivity contribution in [2.45, 2.75) is 6.10 Å². The van der Waals surface area contributed by atoms with E-state index in [0.29, 0.717) is 24.4 Å². The van der Waals surface area contributed by atoms with Crippen molar-refractivity contribution in [3.63, 3.8) is 0 Å². The molecule has 1 unspecified atom stereocenters. The summed E-state index contributed by atoms with van der Waals surface area (Å²) in [4.78, 5) is 11.6. The summed E-state index contributed by atoms with van der Waals surface area (Å²) >= 11 is 0. The van der Waals surface area contributed by atoms with E-state index in [9.17, 15) is 4.79 Å². The van der Waals surface area contributed by atoms with Crippen molar-refractivity contribution in [1.82, 2.24) is 5.32 Å². The Kier molecular flexibility index (Phi) is 4.72. The Morgan fingerprint density at radius 3 is 3.26 bits per heavy atom. The summed E-state index contributed by atoms with van der Waals surface area (Å²) in [5.74, 6) is 0. The maximum absolute atomic E-state index is 11.6. The van der Waals surface area contributed by atoms with E-state index in [2.05, 4.69) is 10.6 Å². The number of amides is 1. The van der Waals surface area contributed by atoms with E-state index in [0.717, 1.165) is 6.54 Å².